The molecule has 8 nitrogen and oxygen atoms in total. The van der Waals surface area contributed by atoms with Gasteiger partial charge in [0.15, 0.2) is 0 Å². The van der Waals surface area contributed by atoms with Gasteiger partial charge in [-0.05, 0) is 69.9 Å². The summed E-state index contributed by atoms with van der Waals surface area (Å²) in [6, 6.07) is 12.5. The van der Waals surface area contributed by atoms with Crippen LogP contribution in [0.1, 0.15) is 67.6 Å². The molecule has 0 radical (unpaired) electrons. The van der Waals surface area contributed by atoms with Crippen molar-refractivity contribution in [2.24, 2.45) is 5.41 Å². The fourth-order valence-electron chi connectivity index (χ4n) is 4.68. The number of halogens is 4. The summed E-state index contributed by atoms with van der Waals surface area (Å²) in [6.45, 7) is 5.67. The number of hydrogen-bond donors (Lipinski definition) is 2. The van der Waals surface area contributed by atoms with Crippen molar-refractivity contribution in [3.05, 3.63) is 75.7 Å². The predicted octanol–water partition coefficient (Wildman–Crippen LogP) is 7.24. The van der Waals surface area contributed by atoms with E-state index in [2.05, 4.69) is 38.9 Å². The van der Waals surface area contributed by atoms with Gasteiger partial charge in [-0.1, -0.05) is 28.9 Å². The van der Waals surface area contributed by atoms with E-state index in [-0.39, 0.29) is 21.8 Å². The highest BCUT2D eigenvalue weighted by Gasteiger charge is 2.47. The summed E-state index contributed by atoms with van der Waals surface area (Å²) < 4.78 is 42.7. The van der Waals surface area contributed by atoms with E-state index >= 15 is 0 Å². The molecule has 2 aromatic heterocycles. The maximum absolute atomic E-state index is 13.6. The van der Waals surface area contributed by atoms with Crippen molar-refractivity contribution in [3.8, 4) is 12.1 Å². The Bertz CT molecular complexity index is 1760. The average Bonchev–Trinajstić information content (AvgIpc) is 3.48. The molecule has 42 heavy (non-hydrogen) atoms. The lowest BCUT2D eigenvalue weighted by Crippen LogP contribution is -2.38. The van der Waals surface area contributed by atoms with E-state index < -0.39 is 24.2 Å². The molecule has 2 heterocycles. The molecule has 5 rings (SSSR count). The van der Waals surface area contributed by atoms with E-state index in [1.807, 2.05) is 29.9 Å². The first-order chi connectivity index (χ1) is 19.8. The second-order valence-electron chi connectivity index (χ2n) is 11.5. The molecule has 216 valence electrons. The van der Waals surface area contributed by atoms with Crippen LogP contribution in [0.5, 0.6) is 0 Å². The molecule has 0 saturated heterocycles. The lowest BCUT2D eigenvalue weighted by molar-refractivity contribution is -0.206. The Morgan fingerprint density at radius 3 is 2.50 bits per heavy atom. The fraction of sp³-hybridized carbons (Fsp3) is 0.367. The quantitative estimate of drug-likeness (QED) is 0.221. The number of fused-ring (bicyclic) bond motifs is 1. The molecule has 4 aromatic rings. The number of nitrogens with one attached hydrogen (secondary N) is 2. The highest BCUT2D eigenvalue weighted by Crippen LogP contribution is 2.43. The Balaban J connectivity index is 1.61. The van der Waals surface area contributed by atoms with Crippen molar-refractivity contribution in [3.63, 3.8) is 0 Å². The van der Waals surface area contributed by atoms with Crippen LogP contribution in [0, 0.1) is 35.0 Å². The monoisotopic (exact) mass is 592 g/mol. The SMILES string of the molecule is Cc1c(C#N)cccc1[C@H](Nc1cc(Cl)c2ncc(C#N)c(NCC(C)(C)C(F)(F)F)c2c1)c1cn(C2(C)CC2)nn1. The summed E-state index contributed by atoms with van der Waals surface area (Å²) >= 11 is 6.65. The van der Waals surface area contributed by atoms with Crippen LogP contribution >= 0.6 is 11.6 Å². The Morgan fingerprint density at radius 2 is 1.86 bits per heavy atom. The Hall–Kier alpha value is -4.35. The minimum absolute atomic E-state index is 0.0865. The fourth-order valence-corrected chi connectivity index (χ4v) is 4.94. The first kappa shape index (κ1) is 29.2. The lowest BCUT2D eigenvalue weighted by Gasteiger charge is -2.28. The molecule has 0 unspecified atom stereocenters. The van der Waals surface area contributed by atoms with Gasteiger partial charge in [0.1, 0.15) is 11.8 Å². The van der Waals surface area contributed by atoms with Gasteiger partial charge < -0.3 is 10.6 Å². The minimum atomic E-state index is -4.46. The maximum Gasteiger partial charge on any atom is 0.395 e. The second kappa shape index (κ2) is 10.5. The van der Waals surface area contributed by atoms with Gasteiger partial charge >= 0.3 is 6.18 Å². The largest absolute Gasteiger partial charge is 0.395 e. The summed E-state index contributed by atoms with van der Waals surface area (Å²) in [5.74, 6) is 0. The molecule has 1 fully saturated rings. The van der Waals surface area contributed by atoms with Crippen LogP contribution in [0.3, 0.4) is 0 Å². The summed E-state index contributed by atoms with van der Waals surface area (Å²) in [7, 11) is 0. The van der Waals surface area contributed by atoms with E-state index in [4.69, 9.17) is 11.6 Å². The number of hydrogen-bond acceptors (Lipinski definition) is 7. The molecule has 2 aromatic carbocycles. The standard InChI is InChI=1S/C30H28ClF3N8/c1-17-18(12-35)6-5-7-21(17)27(24-15-42(41-40-24)29(4)8-9-29)39-20-10-22-25(38-16-28(2,3)30(32,33)34)19(13-36)14-37-26(22)23(31)11-20/h5-7,10-11,14-15,27,39H,8-9,16H2,1-4H3,(H,37,38)/t27-/m0/s1. The number of rotatable bonds is 8. The number of alkyl halides is 3. The first-order valence-electron chi connectivity index (χ1n) is 13.3. The van der Waals surface area contributed by atoms with Crippen molar-refractivity contribution < 1.29 is 13.2 Å². The third kappa shape index (κ3) is 5.33. The molecule has 2 N–H and O–H groups in total. The number of anilines is 2. The topological polar surface area (TPSA) is 115 Å². The van der Waals surface area contributed by atoms with Gasteiger partial charge in [0.25, 0.3) is 0 Å². The number of nitriles is 2. The summed E-state index contributed by atoms with van der Waals surface area (Å²) in [4.78, 5) is 4.31. The van der Waals surface area contributed by atoms with Crippen LogP contribution in [0.4, 0.5) is 24.5 Å². The number of pyridine rings is 1. The van der Waals surface area contributed by atoms with Crippen LogP contribution in [-0.4, -0.2) is 32.7 Å². The molecule has 1 aliphatic carbocycles. The molecular weight excluding hydrogens is 565 g/mol. The normalized spacial score (nSPS) is 15.1. The highest BCUT2D eigenvalue weighted by atomic mass is 35.5. The Kier molecular flexibility index (Phi) is 7.28. The van der Waals surface area contributed by atoms with E-state index in [0.29, 0.717) is 27.8 Å². The maximum atomic E-state index is 13.6. The summed E-state index contributed by atoms with van der Waals surface area (Å²) in [5, 5.41) is 35.2. The van der Waals surface area contributed by atoms with E-state index in [1.54, 1.807) is 24.3 Å². The van der Waals surface area contributed by atoms with Crippen molar-refractivity contribution in [2.75, 3.05) is 17.2 Å². The zero-order valence-electron chi connectivity index (χ0n) is 23.4. The zero-order chi connectivity index (χ0) is 30.4. The first-order valence-corrected chi connectivity index (χ1v) is 13.7. The van der Waals surface area contributed by atoms with Crippen LogP contribution in [0.25, 0.3) is 10.9 Å². The van der Waals surface area contributed by atoms with E-state index in [1.165, 1.54) is 6.20 Å². The smallest absolute Gasteiger partial charge is 0.382 e. The van der Waals surface area contributed by atoms with Crippen LogP contribution < -0.4 is 10.6 Å². The second-order valence-corrected chi connectivity index (χ2v) is 11.9. The third-order valence-electron chi connectivity index (χ3n) is 7.97. The zero-order valence-corrected chi connectivity index (χ0v) is 24.2. The van der Waals surface area contributed by atoms with Crippen molar-refractivity contribution in [1.29, 1.82) is 10.5 Å². The molecule has 12 heteroatoms. The van der Waals surface area contributed by atoms with E-state index in [9.17, 15) is 23.7 Å². The number of aromatic nitrogens is 4. The summed E-state index contributed by atoms with van der Waals surface area (Å²) in [6.07, 6.45) is 0.699. The summed E-state index contributed by atoms with van der Waals surface area (Å²) in [5.41, 5.74) is 1.69. The van der Waals surface area contributed by atoms with E-state index in [0.717, 1.165) is 37.8 Å². The molecule has 0 spiro atoms. The van der Waals surface area contributed by atoms with Crippen LogP contribution in [0.15, 0.2) is 42.7 Å². The third-order valence-corrected chi connectivity index (χ3v) is 8.26. The van der Waals surface area contributed by atoms with Gasteiger partial charge in [-0.2, -0.15) is 23.7 Å². The van der Waals surface area contributed by atoms with Crippen molar-refractivity contribution >= 4 is 33.9 Å². The van der Waals surface area contributed by atoms with Gasteiger partial charge in [-0.25, -0.2) is 4.68 Å². The lowest BCUT2D eigenvalue weighted by atomic mass is 9.92. The molecule has 1 aliphatic rings. The number of benzene rings is 2. The predicted molar refractivity (Wildman–Crippen MR) is 154 cm³/mol. The molecule has 1 saturated carbocycles. The van der Waals surface area contributed by atoms with Crippen molar-refractivity contribution in [1.82, 2.24) is 20.0 Å². The van der Waals surface area contributed by atoms with Crippen molar-refractivity contribution in [2.45, 2.75) is 58.3 Å². The van der Waals surface area contributed by atoms with Gasteiger partial charge in [-0.15, -0.1) is 5.10 Å². The molecular formula is C30H28ClF3N8. The Morgan fingerprint density at radius 1 is 1.14 bits per heavy atom. The minimum Gasteiger partial charge on any atom is -0.382 e. The highest BCUT2D eigenvalue weighted by molar-refractivity contribution is 6.35. The van der Waals surface area contributed by atoms with Crippen LogP contribution in [-0.2, 0) is 5.54 Å². The van der Waals surface area contributed by atoms with Gasteiger partial charge in [0.2, 0.25) is 0 Å². The molecule has 0 amide bonds. The van der Waals surface area contributed by atoms with Gasteiger partial charge in [0.05, 0.1) is 56.6 Å². The molecule has 1 atom stereocenters. The molecule has 0 bridgehead atoms. The number of nitrogens with zero attached hydrogens (tertiary/aromatic N) is 6. The van der Waals surface area contributed by atoms with Gasteiger partial charge in [-0.3, -0.25) is 4.98 Å². The Labute approximate surface area is 246 Å². The average molecular weight is 593 g/mol. The van der Waals surface area contributed by atoms with Crippen LogP contribution in [0.2, 0.25) is 5.02 Å². The molecule has 0 aliphatic heterocycles. The van der Waals surface area contributed by atoms with Gasteiger partial charge in [0, 0.05) is 23.8 Å².